The van der Waals surface area contributed by atoms with Crippen molar-refractivity contribution in [3.8, 4) is 0 Å². The number of aliphatic imine (C=N–C) groups is 1. The first-order valence-electron chi connectivity index (χ1n) is 12.2. The second kappa shape index (κ2) is 12.8. The predicted octanol–water partition coefficient (Wildman–Crippen LogP) is 6.89. The molecule has 2 aromatic rings. The Balaban J connectivity index is 1.91. The molecule has 0 saturated carbocycles. The summed E-state index contributed by atoms with van der Waals surface area (Å²) in [6, 6.07) is 19.9. The summed E-state index contributed by atoms with van der Waals surface area (Å²) in [4.78, 5) is 22.5. The number of benzene rings is 2. The van der Waals surface area contributed by atoms with Gasteiger partial charge in [-0.3, -0.25) is 4.79 Å². The van der Waals surface area contributed by atoms with Gasteiger partial charge in [0.05, 0.1) is 5.69 Å². The van der Waals surface area contributed by atoms with Crippen LogP contribution in [0.25, 0.3) is 6.08 Å². The number of nitrogens with zero attached hydrogens (tertiary/aromatic N) is 3. The van der Waals surface area contributed by atoms with E-state index in [0.29, 0.717) is 5.70 Å². The zero-order valence-corrected chi connectivity index (χ0v) is 19.7. The van der Waals surface area contributed by atoms with Gasteiger partial charge in [0, 0.05) is 13.1 Å². The number of amides is 1. The van der Waals surface area contributed by atoms with E-state index in [2.05, 4.69) is 18.7 Å². The monoisotopic (exact) mass is 431 g/mol. The second-order valence-electron chi connectivity index (χ2n) is 8.44. The van der Waals surface area contributed by atoms with Crippen LogP contribution in [-0.4, -0.2) is 29.9 Å². The minimum atomic E-state index is -0.0535. The molecule has 1 aliphatic heterocycles. The first-order valence-corrected chi connectivity index (χ1v) is 12.2. The van der Waals surface area contributed by atoms with Crippen LogP contribution in [0.4, 0.5) is 5.69 Å². The molecule has 1 amide bonds. The number of guanidine groups is 1. The Kier molecular flexibility index (Phi) is 9.55. The minimum Gasteiger partial charge on any atom is -0.342 e. The molecule has 0 spiro atoms. The molecule has 0 saturated heterocycles. The van der Waals surface area contributed by atoms with Gasteiger partial charge in [-0.15, -0.1) is 0 Å². The first kappa shape index (κ1) is 23.8. The van der Waals surface area contributed by atoms with Crippen LogP contribution in [0.15, 0.2) is 71.4 Å². The van der Waals surface area contributed by atoms with Crippen LogP contribution in [-0.2, 0) is 4.79 Å². The second-order valence-corrected chi connectivity index (χ2v) is 8.44. The summed E-state index contributed by atoms with van der Waals surface area (Å²) in [6.45, 7) is 6.33. The van der Waals surface area contributed by atoms with Gasteiger partial charge in [-0.25, -0.2) is 9.89 Å². The molecule has 0 atom stereocenters. The number of rotatable bonds is 12. The third-order valence-corrected chi connectivity index (χ3v) is 5.81. The fourth-order valence-electron chi connectivity index (χ4n) is 4.00. The Labute approximate surface area is 193 Å². The molecule has 4 nitrogen and oxygen atoms in total. The molecule has 1 aliphatic rings. The Morgan fingerprint density at radius 2 is 1.34 bits per heavy atom. The molecule has 0 N–H and O–H groups in total. The molecule has 1 heterocycles. The van der Waals surface area contributed by atoms with Gasteiger partial charge in [0.2, 0.25) is 5.96 Å². The van der Waals surface area contributed by atoms with E-state index in [9.17, 15) is 4.79 Å². The number of para-hydroxylation sites is 1. The van der Waals surface area contributed by atoms with Gasteiger partial charge in [-0.2, -0.15) is 0 Å². The molecule has 0 aromatic heterocycles. The Hall–Kier alpha value is -2.88. The Bertz CT molecular complexity index is 877. The van der Waals surface area contributed by atoms with Crippen molar-refractivity contribution in [1.82, 2.24) is 4.90 Å². The van der Waals surface area contributed by atoms with Crippen LogP contribution >= 0.6 is 0 Å². The maximum absolute atomic E-state index is 13.5. The fraction of sp³-hybridized carbons (Fsp3) is 0.429. The SMILES string of the molecule is CCCCCCN(CCCCCC)C1=NC(=Cc2ccccc2)C(=O)N1c1ccccc1. The molecule has 170 valence electrons. The van der Waals surface area contributed by atoms with Crippen molar-refractivity contribution < 1.29 is 4.79 Å². The van der Waals surface area contributed by atoms with Crippen molar-refractivity contribution in [2.24, 2.45) is 4.99 Å². The number of anilines is 1. The molecule has 0 aliphatic carbocycles. The van der Waals surface area contributed by atoms with Gasteiger partial charge < -0.3 is 4.90 Å². The third kappa shape index (κ3) is 6.56. The van der Waals surface area contributed by atoms with Gasteiger partial charge in [-0.05, 0) is 36.6 Å². The number of hydrogen-bond donors (Lipinski definition) is 0. The third-order valence-electron chi connectivity index (χ3n) is 5.81. The quantitative estimate of drug-likeness (QED) is 0.271. The van der Waals surface area contributed by atoms with Crippen LogP contribution in [0.2, 0.25) is 0 Å². The van der Waals surface area contributed by atoms with Gasteiger partial charge in [0.1, 0.15) is 5.70 Å². The van der Waals surface area contributed by atoms with E-state index in [1.807, 2.05) is 66.7 Å². The highest BCUT2D eigenvalue weighted by Gasteiger charge is 2.34. The number of carbonyl (C=O) groups excluding carboxylic acids is 1. The molecule has 0 unspecified atom stereocenters. The number of unbranched alkanes of at least 4 members (excludes halogenated alkanes) is 6. The van der Waals surface area contributed by atoms with Gasteiger partial charge in [-0.1, -0.05) is 101 Å². The summed E-state index contributed by atoms with van der Waals surface area (Å²) in [5.74, 6) is 0.721. The Morgan fingerprint density at radius 3 is 1.91 bits per heavy atom. The Morgan fingerprint density at radius 1 is 0.781 bits per heavy atom. The van der Waals surface area contributed by atoms with Crippen LogP contribution in [0.5, 0.6) is 0 Å². The maximum Gasteiger partial charge on any atom is 0.283 e. The average molecular weight is 432 g/mol. The number of carbonyl (C=O) groups is 1. The first-order chi connectivity index (χ1) is 15.7. The highest BCUT2D eigenvalue weighted by molar-refractivity contribution is 6.28. The molecular formula is C28H37N3O. The van der Waals surface area contributed by atoms with E-state index in [-0.39, 0.29) is 5.91 Å². The lowest BCUT2D eigenvalue weighted by Crippen LogP contribution is -2.45. The lowest BCUT2D eigenvalue weighted by atomic mass is 10.1. The molecule has 0 radical (unpaired) electrons. The van der Waals surface area contributed by atoms with Crippen LogP contribution in [0.3, 0.4) is 0 Å². The van der Waals surface area contributed by atoms with Gasteiger partial charge in [0.25, 0.3) is 5.91 Å². The van der Waals surface area contributed by atoms with Gasteiger partial charge >= 0.3 is 0 Å². The zero-order chi connectivity index (χ0) is 22.6. The maximum atomic E-state index is 13.5. The highest BCUT2D eigenvalue weighted by Crippen LogP contribution is 2.27. The van der Waals surface area contributed by atoms with Gasteiger partial charge in [0.15, 0.2) is 0 Å². The van der Waals surface area contributed by atoms with E-state index in [0.717, 1.165) is 43.1 Å². The van der Waals surface area contributed by atoms with Crippen LogP contribution in [0, 0.1) is 0 Å². The summed E-state index contributed by atoms with van der Waals surface area (Å²) in [5, 5.41) is 0. The lowest BCUT2D eigenvalue weighted by molar-refractivity contribution is -0.113. The standard InChI is InChI=1S/C28H37N3O/c1-3-5-7-15-21-30(22-16-8-6-4-2)28-29-26(23-24-17-11-9-12-18-24)27(32)31(28)25-19-13-10-14-20-25/h9-14,17-20,23H,3-8,15-16,21-22H2,1-2H3. The topological polar surface area (TPSA) is 35.9 Å². The van der Waals surface area contributed by atoms with E-state index < -0.39 is 0 Å². The lowest BCUT2D eigenvalue weighted by Gasteiger charge is -2.29. The number of hydrogen-bond acceptors (Lipinski definition) is 3. The van der Waals surface area contributed by atoms with Crippen LogP contribution in [0.1, 0.15) is 70.8 Å². The molecule has 32 heavy (non-hydrogen) atoms. The summed E-state index contributed by atoms with van der Waals surface area (Å²) in [6.07, 6.45) is 11.5. The molecule has 3 rings (SSSR count). The largest absolute Gasteiger partial charge is 0.342 e. The smallest absolute Gasteiger partial charge is 0.283 e. The molecule has 2 aromatic carbocycles. The van der Waals surface area contributed by atoms with E-state index in [4.69, 9.17) is 4.99 Å². The summed E-state index contributed by atoms with van der Waals surface area (Å²) in [7, 11) is 0. The summed E-state index contributed by atoms with van der Waals surface area (Å²) >= 11 is 0. The molecule has 0 bridgehead atoms. The summed E-state index contributed by atoms with van der Waals surface area (Å²) in [5.41, 5.74) is 2.37. The fourth-order valence-corrected chi connectivity index (χ4v) is 4.00. The zero-order valence-electron chi connectivity index (χ0n) is 19.7. The van der Waals surface area contributed by atoms with Crippen molar-refractivity contribution in [3.05, 3.63) is 71.9 Å². The molecular weight excluding hydrogens is 394 g/mol. The summed E-state index contributed by atoms with van der Waals surface area (Å²) < 4.78 is 0. The van der Waals surface area contributed by atoms with Crippen molar-refractivity contribution in [1.29, 1.82) is 0 Å². The van der Waals surface area contributed by atoms with Crippen LogP contribution < -0.4 is 4.90 Å². The van der Waals surface area contributed by atoms with E-state index >= 15 is 0 Å². The average Bonchev–Trinajstić information content (AvgIpc) is 3.15. The van der Waals surface area contributed by atoms with Crippen molar-refractivity contribution in [3.63, 3.8) is 0 Å². The van der Waals surface area contributed by atoms with E-state index in [1.54, 1.807) is 4.90 Å². The predicted molar refractivity (Wildman–Crippen MR) is 136 cm³/mol. The van der Waals surface area contributed by atoms with Crippen molar-refractivity contribution in [2.75, 3.05) is 18.0 Å². The minimum absolute atomic E-state index is 0.0535. The highest BCUT2D eigenvalue weighted by atomic mass is 16.2. The van der Waals surface area contributed by atoms with Crippen molar-refractivity contribution in [2.45, 2.75) is 65.2 Å². The molecule has 4 heteroatoms. The molecule has 0 fully saturated rings. The van der Waals surface area contributed by atoms with E-state index in [1.165, 1.54) is 38.5 Å². The van der Waals surface area contributed by atoms with Crippen molar-refractivity contribution >= 4 is 23.6 Å². The normalized spacial score (nSPS) is 14.8.